The first kappa shape index (κ1) is 27.2. The largest absolute Gasteiger partial charge is 0.507 e. The molecule has 8 aromatic rings. The lowest BCUT2D eigenvalue weighted by atomic mass is 9.87. The fraction of sp³-hybridized carbons (Fsp3) is 0.213. The summed E-state index contributed by atoms with van der Waals surface area (Å²) in [7, 11) is 2.00. The van der Waals surface area contributed by atoms with Crippen LogP contribution in [-0.4, -0.2) is 9.67 Å². The zero-order valence-corrected chi connectivity index (χ0v) is 30.1. The maximum absolute atomic E-state index is 11.7. The number of hydrogen-bond donors (Lipinski definition) is 1. The van der Waals surface area contributed by atoms with E-state index in [9.17, 15) is 7.85 Å². The average Bonchev–Trinajstić information content (AvgIpc) is 3.65. The van der Waals surface area contributed by atoms with E-state index in [2.05, 4.69) is 9.13 Å². The number of rotatable bonds is 6. The lowest BCUT2D eigenvalue weighted by molar-refractivity contribution is -0.633. The van der Waals surface area contributed by atoms with Gasteiger partial charge in [-0.3, -0.25) is 0 Å². The Morgan fingerprint density at radius 3 is 2.16 bits per heavy atom. The minimum Gasteiger partial charge on any atom is -0.507 e. The molecule has 51 heavy (non-hydrogen) atoms. The molecule has 1 N–H and O–H groups in total. The van der Waals surface area contributed by atoms with Gasteiger partial charge in [0.15, 0.2) is 11.0 Å². The maximum atomic E-state index is 11.7. The second kappa shape index (κ2) is 12.3. The van der Waals surface area contributed by atoms with Gasteiger partial charge >= 0.3 is 0 Å². The fourth-order valence-corrected chi connectivity index (χ4v) is 7.97. The number of aryl methyl sites for hydroxylation is 3. The van der Waals surface area contributed by atoms with E-state index >= 15 is 0 Å². The Kier molecular flexibility index (Phi) is 6.56. The van der Waals surface area contributed by atoms with Crippen molar-refractivity contribution in [3.8, 4) is 45.1 Å². The number of phenolic OH excluding ortho intramolecular Hbond substituents is 1. The van der Waals surface area contributed by atoms with Crippen LogP contribution in [0.1, 0.15) is 74.2 Å². The van der Waals surface area contributed by atoms with Gasteiger partial charge in [0.25, 0.3) is 5.82 Å². The highest BCUT2D eigenvalue weighted by atomic mass is 16.3. The van der Waals surface area contributed by atoms with Crippen LogP contribution in [0.5, 0.6) is 5.75 Å². The molecule has 0 aliphatic carbocycles. The van der Waals surface area contributed by atoms with Crippen molar-refractivity contribution in [2.24, 2.45) is 7.05 Å². The van der Waals surface area contributed by atoms with Crippen molar-refractivity contribution in [1.82, 2.24) is 4.57 Å². The smallest absolute Gasteiger partial charge is 0.295 e. The normalized spacial score (nSPS) is 14.1. The lowest BCUT2D eigenvalue weighted by Crippen LogP contribution is -2.31. The fourth-order valence-electron chi connectivity index (χ4n) is 7.97. The molecular weight excluding hydrogens is 625 g/mol. The van der Waals surface area contributed by atoms with E-state index in [-0.39, 0.29) is 11.3 Å². The van der Waals surface area contributed by atoms with E-state index in [1.54, 1.807) is 12.1 Å². The van der Waals surface area contributed by atoms with Crippen molar-refractivity contribution in [3.05, 3.63) is 137 Å². The Morgan fingerprint density at radius 1 is 0.725 bits per heavy atom. The zero-order chi connectivity index (χ0) is 40.1. The summed E-state index contributed by atoms with van der Waals surface area (Å²) in [4.78, 5) is 0. The lowest BCUT2D eigenvalue weighted by Gasteiger charge is -2.21. The van der Waals surface area contributed by atoms with Crippen molar-refractivity contribution >= 4 is 33.0 Å². The average molecular weight is 675 g/mol. The Hall–Kier alpha value is -5.61. The number of furan rings is 1. The van der Waals surface area contributed by atoms with E-state index in [0.717, 1.165) is 72.3 Å². The van der Waals surface area contributed by atoms with Gasteiger partial charge in [0.2, 0.25) is 0 Å². The standard InChI is InChI=1S/C47H44N2O2/c1-27(2)33-16-13-17-34(28(3)4)45(33)49-40-21-11-10-20-39(40)48(8)47(49)44-30(6)25-29(5)43(31(44)7)38-26-32(23-24-41(38)50)35-18-14-19-37-36-15-9-12-22-42(36)51-46(35)37/h9-28H,1-8H3/p+1/i5D3,27D,28D. The summed E-state index contributed by atoms with van der Waals surface area (Å²) in [6, 6.07) is 34.9. The van der Waals surface area contributed by atoms with Crippen LogP contribution in [-0.2, 0) is 7.05 Å². The second-order valence-corrected chi connectivity index (χ2v) is 14.0. The molecule has 0 bridgehead atoms. The maximum Gasteiger partial charge on any atom is 0.295 e. The summed E-state index contributed by atoms with van der Waals surface area (Å²) in [6.45, 7) is 8.79. The number of imidazole rings is 1. The van der Waals surface area contributed by atoms with Crippen LogP contribution < -0.4 is 4.57 Å². The summed E-state index contributed by atoms with van der Waals surface area (Å²) < 4.78 is 55.6. The topological polar surface area (TPSA) is 42.2 Å². The van der Waals surface area contributed by atoms with Gasteiger partial charge in [0, 0.05) is 39.9 Å². The van der Waals surface area contributed by atoms with Gasteiger partial charge in [-0.1, -0.05) is 107 Å². The van der Waals surface area contributed by atoms with E-state index in [1.807, 2.05) is 146 Å². The molecule has 6 aromatic carbocycles. The number of fused-ring (bicyclic) bond motifs is 4. The van der Waals surface area contributed by atoms with E-state index in [4.69, 9.17) is 8.53 Å². The highest BCUT2D eigenvalue weighted by Gasteiger charge is 2.33. The molecule has 0 aliphatic rings. The van der Waals surface area contributed by atoms with E-state index in [1.165, 1.54) is 0 Å². The molecule has 0 saturated carbocycles. The molecule has 4 heteroatoms. The molecule has 0 unspecified atom stereocenters. The van der Waals surface area contributed by atoms with Crippen LogP contribution in [0.4, 0.5) is 0 Å². The molecule has 4 nitrogen and oxygen atoms in total. The first-order valence-electron chi connectivity index (χ1n) is 19.9. The first-order chi connectivity index (χ1) is 26.4. The van der Waals surface area contributed by atoms with Crippen LogP contribution in [0.25, 0.3) is 72.3 Å². The third-order valence-corrected chi connectivity index (χ3v) is 10.3. The van der Waals surface area contributed by atoms with Gasteiger partial charge in [0.1, 0.15) is 22.6 Å². The molecule has 0 fully saturated rings. The number of nitrogens with zero attached hydrogens (tertiary/aromatic N) is 2. The monoisotopic (exact) mass is 674 g/mol. The molecule has 2 aromatic heterocycles. The van der Waals surface area contributed by atoms with Gasteiger partial charge in [0.05, 0.1) is 12.6 Å². The van der Waals surface area contributed by atoms with Crippen molar-refractivity contribution in [3.63, 3.8) is 0 Å². The van der Waals surface area contributed by atoms with E-state index < -0.39 is 18.6 Å². The molecule has 0 spiro atoms. The Morgan fingerprint density at radius 2 is 1.41 bits per heavy atom. The third kappa shape index (κ3) is 5.07. The molecule has 0 atom stereocenters. The molecule has 0 aliphatic heterocycles. The summed E-state index contributed by atoms with van der Waals surface area (Å²) in [5.74, 6) is -1.32. The molecule has 254 valence electrons. The molecule has 2 heterocycles. The van der Waals surface area contributed by atoms with Gasteiger partial charge in [-0.05, 0) is 90.6 Å². The number of benzene rings is 6. The third-order valence-electron chi connectivity index (χ3n) is 10.3. The number of hydrogen-bond acceptors (Lipinski definition) is 2. The van der Waals surface area contributed by atoms with Crippen molar-refractivity contribution < 1.29 is 20.9 Å². The quantitative estimate of drug-likeness (QED) is 0.178. The SMILES string of the molecule is [2H]C([2H])([2H])c1cc(C)c(-c2n(-c3c(C([2H])(C)C)cccc3C([2H])(C)C)c3ccccc3[n+]2C)c(C)c1-c1cc(-c2cccc3c2oc2ccccc23)ccc1O. The summed E-state index contributed by atoms with van der Waals surface area (Å²) in [6.07, 6.45) is 0. The van der Waals surface area contributed by atoms with Crippen LogP contribution in [0.2, 0.25) is 0 Å². The van der Waals surface area contributed by atoms with Gasteiger partial charge in [-0.15, -0.1) is 0 Å². The molecule has 0 radical (unpaired) electrons. The van der Waals surface area contributed by atoms with Gasteiger partial charge in [-0.25, -0.2) is 4.57 Å². The van der Waals surface area contributed by atoms with Gasteiger partial charge < -0.3 is 9.52 Å². The van der Waals surface area contributed by atoms with Crippen molar-refractivity contribution in [1.29, 1.82) is 0 Å². The Labute approximate surface area is 307 Å². The minimum atomic E-state index is -2.51. The zero-order valence-electron chi connectivity index (χ0n) is 35.1. The van der Waals surface area contributed by atoms with Crippen LogP contribution in [0.15, 0.2) is 114 Å². The van der Waals surface area contributed by atoms with E-state index in [0.29, 0.717) is 22.3 Å². The van der Waals surface area contributed by atoms with Crippen LogP contribution in [0, 0.1) is 20.7 Å². The summed E-state index contributed by atoms with van der Waals surface area (Å²) >= 11 is 0. The highest BCUT2D eigenvalue weighted by Crippen LogP contribution is 2.45. The molecular formula is C47H45N2O2+. The van der Waals surface area contributed by atoms with Crippen molar-refractivity contribution in [2.45, 2.75) is 60.2 Å². The second-order valence-electron chi connectivity index (χ2n) is 14.0. The molecule has 0 amide bonds. The predicted molar refractivity (Wildman–Crippen MR) is 212 cm³/mol. The Bertz CT molecular complexity index is 2830. The highest BCUT2D eigenvalue weighted by molar-refractivity contribution is 6.09. The summed E-state index contributed by atoms with van der Waals surface area (Å²) in [5, 5.41) is 13.7. The van der Waals surface area contributed by atoms with Crippen LogP contribution >= 0.6 is 0 Å². The predicted octanol–water partition coefficient (Wildman–Crippen LogP) is 12.2. The first-order valence-corrected chi connectivity index (χ1v) is 17.4. The minimum absolute atomic E-state index is 0.0432. The number of para-hydroxylation sites is 5. The number of aromatic hydroxyl groups is 1. The number of aromatic nitrogens is 2. The molecule has 0 saturated heterocycles. The van der Waals surface area contributed by atoms with Crippen LogP contribution in [0.3, 0.4) is 0 Å². The Balaban J connectivity index is 1.47. The molecule has 8 rings (SSSR count). The van der Waals surface area contributed by atoms with Gasteiger partial charge in [-0.2, -0.15) is 4.57 Å². The number of phenols is 1. The van der Waals surface area contributed by atoms with Crippen molar-refractivity contribution in [2.75, 3.05) is 0 Å². The summed E-state index contributed by atoms with van der Waals surface area (Å²) in [5.41, 5.74) is 10.3.